The Labute approximate surface area is 141 Å². The highest BCUT2D eigenvalue weighted by Gasteiger charge is 2.10. The molecule has 1 aromatic heterocycles. The number of esters is 1. The summed E-state index contributed by atoms with van der Waals surface area (Å²) in [7, 11) is 0. The Kier molecular flexibility index (Phi) is 4.47. The molecule has 24 heavy (non-hydrogen) atoms. The first-order chi connectivity index (χ1) is 11.5. The second-order valence-electron chi connectivity index (χ2n) is 5.89. The van der Waals surface area contributed by atoms with Crippen LogP contribution in [0.4, 0.5) is 0 Å². The quantitative estimate of drug-likeness (QED) is 0.678. The first-order valence-electron chi connectivity index (χ1n) is 7.90. The molecular formula is C20H20N2O2. The number of rotatable bonds is 4. The Hall–Kier alpha value is -2.88. The number of hydrogen-bond donors (Lipinski definition) is 0. The summed E-state index contributed by atoms with van der Waals surface area (Å²) in [4.78, 5) is 12.2. The van der Waals surface area contributed by atoms with Gasteiger partial charge in [-0.2, -0.15) is 5.10 Å². The summed E-state index contributed by atoms with van der Waals surface area (Å²) in [6.07, 6.45) is 0. The fourth-order valence-corrected chi connectivity index (χ4v) is 2.63. The van der Waals surface area contributed by atoms with Crippen LogP contribution in [0, 0.1) is 20.8 Å². The van der Waals surface area contributed by atoms with E-state index in [1.807, 2.05) is 67.9 Å². The van der Waals surface area contributed by atoms with Crippen LogP contribution < -0.4 is 0 Å². The van der Waals surface area contributed by atoms with Crippen molar-refractivity contribution in [3.05, 3.63) is 82.7 Å². The average Bonchev–Trinajstić information content (AvgIpc) is 2.92. The molecule has 0 saturated heterocycles. The first-order valence-corrected chi connectivity index (χ1v) is 7.90. The Bertz CT molecular complexity index is 864. The summed E-state index contributed by atoms with van der Waals surface area (Å²) >= 11 is 0. The third-order valence-corrected chi connectivity index (χ3v) is 3.98. The number of ether oxygens (including phenoxy) is 1. The molecule has 3 aromatic rings. The monoisotopic (exact) mass is 320 g/mol. The normalized spacial score (nSPS) is 10.6. The number of aryl methyl sites for hydroxylation is 3. The molecule has 4 nitrogen and oxygen atoms in total. The van der Waals surface area contributed by atoms with E-state index in [-0.39, 0.29) is 12.6 Å². The van der Waals surface area contributed by atoms with Gasteiger partial charge in [-0.05, 0) is 62.2 Å². The number of carbonyl (C=O) groups is 1. The smallest absolute Gasteiger partial charge is 0.338 e. The van der Waals surface area contributed by atoms with Gasteiger partial charge in [0.2, 0.25) is 0 Å². The lowest BCUT2D eigenvalue weighted by molar-refractivity contribution is 0.0472. The first kappa shape index (κ1) is 16.0. The van der Waals surface area contributed by atoms with Crippen molar-refractivity contribution in [2.45, 2.75) is 27.4 Å². The van der Waals surface area contributed by atoms with Crippen molar-refractivity contribution < 1.29 is 9.53 Å². The van der Waals surface area contributed by atoms with Crippen molar-refractivity contribution in [1.82, 2.24) is 9.78 Å². The van der Waals surface area contributed by atoms with E-state index >= 15 is 0 Å². The van der Waals surface area contributed by atoms with E-state index in [2.05, 4.69) is 5.10 Å². The van der Waals surface area contributed by atoms with Crippen LogP contribution in [0.15, 0.2) is 54.6 Å². The Morgan fingerprint density at radius 2 is 1.75 bits per heavy atom. The molecule has 0 N–H and O–H groups in total. The number of aromatic nitrogens is 2. The molecule has 0 atom stereocenters. The van der Waals surface area contributed by atoms with Gasteiger partial charge in [-0.3, -0.25) is 0 Å². The molecule has 1 heterocycles. The maximum absolute atomic E-state index is 12.2. The zero-order chi connectivity index (χ0) is 17.1. The summed E-state index contributed by atoms with van der Waals surface area (Å²) in [6.45, 7) is 6.25. The fourth-order valence-electron chi connectivity index (χ4n) is 2.63. The second-order valence-corrected chi connectivity index (χ2v) is 5.89. The van der Waals surface area contributed by atoms with Crippen LogP contribution in [0.1, 0.15) is 32.9 Å². The number of carbonyl (C=O) groups excluding carboxylic acids is 1. The molecule has 0 bridgehead atoms. The lowest BCUT2D eigenvalue weighted by Gasteiger charge is -2.08. The minimum atomic E-state index is -0.321. The molecule has 0 aliphatic rings. The van der Waals surface area contributed by atoms with Gasteiger partial charge in [0.1, 0.15) is 6.61 Å². The van der Waals surface area contributed by atoms with Crippen molar-refractivity contribution in [1.29, 1.82) is 0 Å². The van der Waals surface area contributed by atoms with E-state index < -0.39 is 0 Å². The van der Waals surface area contributed by atoms with Crippen LogP contribution in [-0.4, -0.2) is 15.7 Å². The SMILES string of the molecule is Cc1cc(C)n(-c2ccc(C(=O)OCc3ccccc3C)cc2)n1. The predicted molar refractivity (Wildman–Crippen MR) is 93.3 cm³/mol. The highest BCUT2D eigenvalue weighted by Crippen LogP contribution is 2.15. The van der Waals surface area contributed by atoms with Crippen LogP contribution in [-0.2, 0) is 11.3 Å². The molecule has 2 aromatic carbocycles. The molecule has 0 radical (unpaired) electrons. The maximum Gasteiger partial charge on any atom is 0.338 e. The van der Waals surface area contributed by atoms with Gasteiger partial charge >= 0.3 is 5.97 Å². The molecule has 0 aliphatic heterocycles. The van der Waals surface area contributed by atoms with Crippen molar-refractivity contribution in [3.8, 4) is 5.69 Å². The van der Waals surface area contributed by atoms with Gasteiger partial charge in [-0.25, -0.2) is 9.48 Å². The third-order valence-electron chi connectivity index (χ3n) is 3.98. The lowest BCUT2D eigenvalue weighted by atomic mass is 10.1. The summed E-state index contributed by atoms with van der Waals surface area (Å²) in [6, 6.07) is 17.2. The molecule has 3 rings (SSSR count). The predicted octanol–water partition coefficient (Wildman–Crippen LogP) is 4.15. The van der Waals surface area contributed by atoms with Gasteiger partial charge in [0.25, 0.3) is 0 Å². The lowest BCUT2D eigenvalue weighted by Crippen LogP contribution is -2.06. The van der Waals surface area contributed by atoms with Crippen molar-refractivity contribution in [2.24, 2.45) is 0 Å². The molecule has 0 aliphatic carbocycles. The van der Waals surface area contributed by atoms with Gasteiger partial charge < -0.3 is 4.74 Å². The molecule has 4 heteroatoms. The number of hydrogen-bond acceptors (Lipinski definition) is 3. The highest BCUT2D eigenvalue weighted by atomic mass is 16.5. The van der Waals surface area contributed by atoms with Crippen LogP contribution in [0.25, 0.3) is 5.69 Å². The third kappa shape index (κ3) is 3.38. The topological polar surface area (TPSA) is 44.1 Å². The van der Waals surface area contributed by atoms with E-state index in [1.165, 1.54) is 0 Å². The van der Waals surface area contributed by atoms with Gasteiger partial charge in [-0.15, -0.1) is 0 Å². The Balaban J connectivity index is 1.70. The zero-order valence-corrected chi connectivity index (χ0v) is 14.1. The van der Waals surface area contributed by atoms with E-state index in [1.54, 1.807) is 12.1 Å². The largest absolute Gasteiger partial charge is 0.457 e. The molecule has 0 fully saturated rings. The zero-order valence-electron chi connectivity index (χ0n) is 14.1. The van der Waals surface area contributed by atoms with E-state index in [4.69, 9.17) is 4.74 Å². The second kappa shape index (κ2) is 6.71. The average molecular weight is 320 g/mol. The van der Waals surface area contributed by atoms with Crippen LogP contribution in [0.3, 0.4) is 0 Å². The standard InChI is InChI=1S/C20H20N2O2/c1-14-6-4-5-7-18(14)13-24-20(23)17-8-10-19(11-9-17)22-16(3)12-15(2)21-22/h4-12H,13H2,1-3H3. The summed E-state index contributed by atoms with van der Waals surface area (Å²) in [5, 5.41) is 4.44. The molecule has 0 unspecified atom stereocenters. The number of benzene rings is 2. The van der Waals surface area contributed by atoms with Gasteiger partial charge in [-0.1, -0.05) is 24.3 Å². The van der Waals surface area contributed by atoms with Crippen molar-refractivity contribution in [2.75, 3.05) is 0 Å². The fraction of sp³-hybridized carbons (Fsp3) is 0.200. The van der Waals surface area contributed by atoms with Crippen LogP contribution in [0.5, 0.6) is 0 Å². The van der Waals surface area contributed by atoms with E-state index in [0.717, 1.165) is 28.2 Å². The minimum absolute atomic E-state index is 0.282. The Morgan fingerprint density at radius 1 is 1.04 bits per heavy atom. The van der Waals surface area contributed by atoms with Crippen molar-refractivity contribution in [3.63, 3.8) is 0 Å². The summed E-state index contributed by atoms with van der Waals surface area (Å²) in [5.41, 5.74) is 5.62. The summed E-state index contributed by atoms with van der Waals surface area (Å²) < 4.78 is 7.27. The molecule has 0 spiro atoms. The van der Waals surface area contributed by atoms with Gasteiger partial charge in [0, 0.05) is 5.69 Å². The number of nitrogens with zero attached hydrogens (tertiary/aromatic N) is 2. The van der Waals surface area contributed by atoms with E-state index in [9.17, 15) is 4.79 Å². The Morgan fingerprint density at radius 3 is 2.38 bits per heavy atom. The molecular weight excluding hydrogens is 300 g/mol. The molecule has 0 saturated carbocycles. The molecule has 122 valence electrons. The minimum Gasteiger partial charge on any atom is -0.457 e. The van der Waals surface area contributed by atoms with E-state index in [0.29, 0.717) is 5.56 Å². The van der Waals surface area contributed by atoms with Crippen molar-refractivity contribution >= 4 is 5.97 Å². The molecule has 0 amide bonds. The maximum atomic E-state index is 12.2. The van der Waals surface area contributed by atoms with Gasteiger partial charge in [0.15, 0.2) is 0 Å². The van der Waals surface area contributed by atoms with Gasteiger partial charge in [0.05, 0.1) is 16.9 Å². The van der Waals surface area contributed by atoms with Crippen LogP contribution in [0.2, 0.25) is 0 Å². The van der Waals surface area contributed by atoms with Crippen LogP contribution >= 0.6 is 0 Å². The highest BCUT2D eigenvalue weighted by molar-refractivity contribution is 5.89. The summed E-state index contributed by atoms with van der Waals surface area (Å²) in [5.74, 6) is -0.321.